The number of Topliss-reactive ketones (excluding diaryl/α,β-unsaturated/α-hetero) is 2. The molecule has 2 aromatic carbocycles. The molecule has 1 saturated carbocycles. The molecular weight excluding hydrogens is 314 g/mol. The van der Waals surface area contributed by atoms with Crippen molar-refractivity contribution in [3.05, 3.63) is 65.2 Å². The van der Waals surface area contributed by atoms with Crippen LogP contribution in [0.1, 0.15) is 29.0 Å². The van der Waals surface area contributed by atoms with Crippen LogP contribution in [0.4, 0.5) is 0 Å². The first kappa shape index (κ1) is 17.4. The van der Waals surface area contributed by atoms with Gasteiger partial charge in [0.1, 0.15) is 17.5 Å². The van der Waals surface area contributed by atoms with Crippen molar-refractivity contribution in [2.75, 3.05) is 13.7 Å². The minimum atomic E-state index is -0.621. The molecule has 4 heteroatoms. The SMILES string of the molecule is COc1ccccc1CCNC1CC(=O)C(c2ccc(C)cc2)C1=O. The van der Waals surface area contributed by atoms with Gasteiger partial charge in [0.2, 0.25) is 0 Å². The standard InChI is InChI=1S/C21H23NO3/c1-14-7-9-16(10-8-14)20-18(23)13-17(21(20)24)22-12-11-15-5-3-4-6-19(15)25-2/h3-10,17,20,22H,11-13H2,1-2H3. The number of methoxy groups -OCH3 is 1. The number of carbonyl (C=O) groups excluding carboxylic acids is 2. The quantitative estimate of drug-likeness (QED) is 0.824. The predicted octanol–water partition coefficient (Wildman–Crippen LogP) is 2.83. The molecule has 0 radical (unpaired) electrons. The van der Waals surface area contributed by atoms with Crippen molar-refractivity contribution >= 4 is 11.6 Å². The van der Waals surface area contributed by atoms with Gasteiger partial charge >= 0.3 is 0 Å². The van der Waals surface area contributed by atoms with E-state index in [1.165, 1.54) is 0 Å². The molecule has 0 spiro atoms. The van der Waals surface area contributed by atoms with Gasteiger partial charge in [-0.2, -0.15) is 0 Å². The molecule has 0 bridgehead atoms. The molecular formula is C21H23NO3. The summed E-state index contributed by atoms with van der Waals surface area (Å²) in [5, 5.41) is 3.25. The normalized spacial score (nSPS) is 20.1. The lowest BCUT2D eigenvalue weighted by Gasteiger charge is -2.13. The summed E-state index contributed by atoms with van der Waals surface area (Å²) in [6.07, 6.45) is 1.01. The topological polar surface area (TPSA) is 55.4 Å². The van der Waals surface area contributed by atoms with E-state index >= 15 is 0 Å². The van der Waals surface area contributed by atoms with Crippen LogP contribution in [-0.4, -0.2) is 31.3 Å². The smallest absolute Gasteiger partial charge is 0.165 e. The van der Waals surface area contributed by atoms with Crippen molar-refractivity contribution < 1.29 is 14.3 Å². The third-order valence-electron chi connectivity index (χ3n) is 4.74. The first-order valence-electron chi connectivity index (χ1n) is 8.58. The van der Waals surface area contributed by atoms with Gasteiger partial charge in [-0.3, -0.25) is 9.59 Å². The van der Waals surface area contributed by atoms with E-state index in [1.54, 1.807) is 7.11 Å². The fourth-order valence-corrected chi connectivity index (χ4v) is 3.35. The summed E-state index contributed by atoms with van der Waals surface area (Å²) >= 11 is 0. The molecule has 0 saturated heterocycles. The number of ketones is 2. The molecule has 0 heterocycles. The Morgan fingerprint density at radius 3 is 2.52 bits per heavy atom. The second-order valence-electron chi connectivity index (χ2n) is 6.49. The van der Waals surface area contributed by atoms with Crippen LogP contribution in [0.15, 0.2) is 48.5 Å². The van der Waals surface area contributed by atoms with Crippen LogP contribution in [-0.2, 0) is 16.0 Å². The van der Waals surface area contributed by atoms with Crippen LogP contribution in [0.3, 0.4) is 0 Å². The molecule has 1 fully saturated rings. The highest BCUT2D eigenvalue weighted by atomic mass is 16.5. The second-order valence-corrected chi connectivity index (χ2v) is 6.49. The van der Waals surface area contributed by atoms with E-state index in [4.69, 9.17) is 4.74 Å². The van der Waals surface area contributed by atoms with Crippen molar-refractivity contribution in [2.45, 2.75) is 31.7 Å². The Labute approximate surface area is 148 Å². The molecule has 25 heavy (non-hydrogen) atoms. The van der Waals surface area contributed by atoms with Crippen LogP contribution in [0.2, 0.25) is 0 Å². The molecule has 130 valence electrons. The second kappa shape index (κ2) is 7.62. The number of hydrogen-bond acceptors (Lipinski definition) is 4. The maximum Gasteiger partial charge on any atom is 0.165 e. The molecule has 3 rings (SSSR count). The van der Waals surface area contributed by atoms with Gasteiger partial charge < -0.3 is 10.1 Å². The van der Waals surface area contributed by atoms with E-state index in [-0.39, 0.29) is 18.0 Å². The van der Waals surface area contributed by atoms with Crippen LogP contribution in [0.25, 0.3) is 0 Å². The van der Waals surface area contributed by atoms with E-state index in [1.807, 2.05) is 55.5 Å². The highest BCUT2D eigenvalue weighted by molar-refractivity contribution is 6.16. The minimum absolute atomic E-state index is 0.00337. The number of benzene rings is 2. The van der Waals surface area contributed by atoms with E-state index < -0.39 is 12.0 Å². The summed E-state index contributed by atoms with van der Waals surface area (Å²) in [7, 11) is 1.65. The van der Waals surface area contributed by atoms with Crippen molar-refractivity contribution in [2.24, 2.45) is 0 Å². The fraction of sp³-hybridized carbons (Fsp3) is 0.333. The molecule has 0 amide bonds. The van der Waals surface area contributed by atoms with Crippen LogP contribution in [0.5, 0.6) is 5.75 Å². The lowest BCUT2D eigenvalue weighted by atomic mass is 9.95. The van der Waals surface area contributed by atoms with Crippen molar-refractivity contribution in [3.63, 3.8) is 0 Å². The van der Waals surface area contributed by atoms with Gasteiger partial charge in [0.15, 0.2) is 5.78 Å². The molecule has 1 N–H and O–H groups in total. The summed E-state index contributed by atoms with van der Waals surface area (Å²) < 4.78 is 5.34. The molecule has 2 unspecified atom stereocenters. The lowest BCUT2D eigenvalue weighted by molar-refractivity contribution is -0.124. The zero-order valence-corrected chi connectivity index (χ0v) is 14.6. The Kier molecular flexibility index (Phi) is 5.29. The van der Waals surface area contributed by atoms with Crippen molar-refractivity contribution in [1.82, 2.24) is 5.32 Å². The minimum Gasteiger partial charge on any atom is -0.496 e. The molecule has 2 atom stereocenters. The Balaban J connectivity index is 1.62. The summed E-state index contributed by atoms with van der Waals surface area (Å²) in [6, 6.07) is 15.1. The summed E-state index contributed by atoms with van der Waals surface area (Å²) in [6.45, 7) is 2.62. The number of ether oxygens (including phenoxy) is 1. The van der Waals surface area contributed by atoms with E-state index in [9.17, 15) is 9.59 Å². The zero-order valence-electron chi connectivity index (χ0n) is 14.6. The van der Waals surface area contributed by atoms with E-state index in [0.29, 0.717) is 6.54 Å². The summed E-state index contributed by atoms with van der Waals surface area (Å²) in [5.41, 5.74) is 3.01. The highest BCUT2D eigenvalue weighted by Crippen LogP contribution is 2.29. The van der Waals surface area contributed by atoms with Crippen molar-refractivity contribution in [3.8, 4) is 5.75 Å². The first-order chi connectivity index (χ1) is 12.1. The van der Waals surface area contributed by atoms with E-state index in [0.717, 1.165) is 28.9 Å². The Morgan fingerprint density at radius 2 is 1.80 bits per heavy atom. The Bertz CT molecular complexity index is 767. The predicted molar refractivity (Wildman–Crippen MR) is 97.0 cm³/mol. The maximum absolute atomic E-state index is 12.7. The average molecular weight is 337 g/mol. The van der Waals surface area contributed by atoms with Gasteiger partial charge in [-0.05, 0) is 37.1 Å². The Morgan fingerprint density at radius 1 is 1.08 bits per heavy atom. The third kappa shape index (κ3) is 3.80. The Hall–Kier alpha value is -2.46. The highest BCUT2D eigenvalue weighted by Gasteiger charge is 2.41. The van der Waals surface area contributed by atoms with Gasteiger partial charge in [0.05, 0.1) is 13.2 Å². The largest absolute Gasteiger partial charge is 0.496 e. The van der Waals surface area contributed by atoms with Crippen molar-refractivity contribution in [1.29, 1.82) is 0 Å². The third-order valence-corrected chi connectivity index (χ3v) is 4.74. The van der Waals surface area contributed by atoms with Gasteiger partial charge in [0, 0.05) is 6.42 Å². The summed E-state index contributed by atoms with van der Waals surface area (Å²) in [5.74, 6) is 0.206. The molecule has 4 nitrogen and oxygen atoms in total. The molecule has 2 aromatic rings. The summed E-state index contributed by atoms with van der Waals surface area (Å²) in [4.78, 5) is 25.0. The number of para-hydroxylation sites is 1. The molecule has 0 aliphatic heterocycles. The number of rotatable bonds is 6. The van der Waals surface area contributed by atoms with Gasteiger partial charge in [-0.25, -0.2) is 0 Å². The maximum atomic E-state index is 12.7. The number of carbonyl (C=O) groups is 2. The lowest BCUT2D eigenvalue weighted by Crippen LogP contribution is -2.35. The monoisotopic (exact) mass is 337 g/mol. The fourth-order valence-electron chi connectivity index (χ4n) is 3.35. The molecule has 1 aliphatic carbocycles. The molecule has 1 aliphatic rings. The molecule has 0 aromatic heterocycles. The number of aryl methyl sites for hydroxylation is 1. The van der Waals surface area contributed by atoms with Crippen LogP contribution in [0, 0.1) is 6.92 Å². The van der Waals surface area contributed by atoms with Crippen LogP contribution >= 0.6 is 0 Å². The number of hydrogen-bond donors (Lipinski definition) is 1. The van der Waals surface area contributed by atoms with Gasteiger partial charge in [0.25, 0.3) is 0 Å². The van der Waals surface area contributed by atoms with Gasteiger partial charge in [-0.15, -0.1) is 0 Å². The van der Waals surface area contributed by atoms with Gasteiger partial charge in [-0.1, -0.05) is 48.0 Å². The average Bonchev–Trinajstić information content (AvgIpc) is 2.90. The van der Waals surface area contributed by atoms with Crippen LogP contribution < -0.4 is 10.1 Å². The zero-order chi connectivity index (χ0) is 17.8. The first-order valence-corrected chi connectivity index (χ1v) is 8.58. The number of nitrogens with one attached hydrogen (secondary N) is 1. The van der Waals surface area contributed by atoms with E-state index in [2.05, 4.69) is 5.32 Å².